The lowest BCUT2D eigenvalue weighted by molar-refractivity contribution is 0.159. The Labute approximate surface area is 96.9 Å². The van der Waals surface area contributed by atoms with E-state index in [4.69, 9.17) is 6.42 Å². The van der Waals surface area contributed by atoms with Crippen LogP contribution in [0.5, 0.6) is 0 Å². The fraction of sp³-hybridized carbons (Fsp3) is 0.462. The summed E-state index contributed by atoms with van der Waals surface area (Å²) < 4.78 is 0. The minimum atomic E-state index is -0.632. The predicted molar refractivity (Wildman–Crippen MR) is 64.9 cm³/mol. The quantitative estimate of drug-likeness (QED) is 0.755. The minimum Gasteiger partial charge on any atom is -0.385 e. The van der Waals surface area contributed by atoms with Gasteiger partial charge in [-0.3, -0.25) is 0 Å². The molecule has 0 spiro atoms. The van der Waals surface area contributed by atoms with Crippen molar-refractivity contribution >= 4 is 0 Å². The average Bonchev–Trinajstić information content (AvgIpc) is 2.25. The van der Waals surface area contributed by atoms with E-state index in [9.17, 15) is 5.11 Å². The maximum Gasteiger partial charge on any atom is 0.113 e. The second kappa shape index (κ2) is 5.11. The molecule has 0 saturated heterocycles. The van der Waals surface area contributed by atoms with Crippen LogP contribution in [0.1, 0.15) is 38.3 Å². The van der Waals surface area contributed by atoms with Crippen molar-refractivity contribution in [1.82, 2.24) is 10.3 Å². The van der Waals surface area contributed by atoms with Gasteiger partial charge < -0.3 is 10.4 Å². The van der Waals surface area contributed by atoms with E-state index < -0.39 is 6.10 Å². The van der Waals surface area contributed by atoms with Crippen molar-refractivity contribution in [2.45, 2.75) is 32.4 Å². The Balaban J connectivity index is 2.66. The number of aliphatic hydroxyl groups excluding tert-OH is 1. The van der Waals surface area contributed by atoms with Crippen molar-refractivity contribution in [3.8, 4) is 12.3 Å². The highest BCUT2D eigenvalue weighted by molar-refractivity contribution is 5.26. The fourth-order valence-corrected chi connectivity index (χ4v) is 1.22. The predicted octanol–water partition coefficient (Wildman–Crippen LogP) is 1.48. The maximum atomic E-state index is 9.91. The van der Waals surface area contributed by atoms with Crippen LogP contribution in [-0.2, 0) is 0 Å². The van der Waals surface area contributed by atoms with E-state index >= 15 is 0 Å². The summed E-state index contributed by atoms with van der Waals surface area (Å²) in [5.74, 6) is 2.45. The van der Waals surface area contributed by atoms with Gasteiger partial charge in [0.2, 0.25) is 0 Å². The monoisotopic (exact) mass is 218 g/mol. The van der Waals surface area contributed by atoms with Gasteiger partial charge >= 0.3 is 0 Å². The lowest BCUT2D eigenvalue weighted by Gasteiger charge is -2.22. The second-order valence-corrected chi connectivity index (χ2v) is 4.74. The average molecular weight is 218 g/mol. The van der Waals surface area contributed by atoms with Gasteiger partial charge in [-0.15, -0.1) is 6.42 Å². The van der Waals surface area contributed by atoms with E-state index in [1.807, 2.05) is 20.8 Å². The molecule has 0 aliphatic carbocycles. The first-order valence-corrected chi connectivity index (χ1v) is 5.29. The van der Waals surface area contributed by atoms with Crippen molar-refractivity contribution < 1.29 is 5.11 Å². The highest BCUT2D eigenvalue weighted by atomic mass is 16.3. The molecule has 1 aromatic heterocycles. The van der Waals surface area contributed by atoms with Crippen LogP contribution in [0.4, 0.5) is 0 Å². The highest BCUT2D eigenvalue weighted by Gasteiger charge is 2.14. The molecule has 86 valence electrons. The lowest BCUT2D eigenvalue weighted by Crippen LogP contribution is -2.38. The summed E-state index contributed by atoms with van der Waals surface area (Å²) in [5, 5.41) is 13.1. The molecule has 16 heavy (non-hydrogen) atoms. The fourth-order valence-electron chi connectivity index (χ4n) is 1.22. The summed E-state index contributed by atoms with van der Waals surface area (Å²) in [6.07, 6.45) is 4.62. The van der Waals surface area contributed by atoms with E-state index in [1.54, 1.807) is 18.2 Å². The van der Waals surface area contributed by atoms with Crippen molar-refractivity contribution in [2.24, 2.45) is 0 Å². The number of β-amino-alcohol motifs (C(OH)–C–C–N with tert-alkyl or cyclic N) is 1. The van der Waals surface area contributed by atoms with Gasteiger partial charge in [-0.2, -0.15) is 0 Å². The number of terminal acetylenes is 1. The van der Waals surface area contributed by atoms with Gasteiger partial charge in [0.1, 0.15) is 11.8 Å². The number of pyridine rings is 1. The van der Waals surface area contributed by atoms with Crippen LogP contribution >= 0.6 is 0 Å². The summed E-state index contributed by atoms with van der Waals surface area (Å²) in [5.41, 5.74) is 1.13. The highest BCUT2D eigenvalue weighted by Crippen LogP contribution is 2.11. The Hall–Kier alpha value is -1.37. The van der Waals surface area contributed by atoms with Crippen LogP contribution < -0.4 is 5.32 Å². The van der Waals surface area contributed by atoms with E-state index in [0.717, 1.165) is 0 Å². The topological polar surface area (TPSA) is 45.1 Å². The molecule has 2 N–H and O–H groups in total. The molecule has 0 bridgehead atoms. The molecule has 0 aromatic carbocycles. The van der Waals surface area contributed by atoms with Crippen molar-refractivity contribution in [2.75, 3.05) is 6.54 Å². The first kappa shape index (κ1) is 12.7. The molecule has 0 radical (unpaired) electrons. The molecule has 0 aliphatic heterocycles. The summed E-state index contributed by atoms with van der Waals surface area (Å²) in [6.45, 7) is 6.60. The van der Waals surface area contributed by atoms with Crippen molar-refractivity contribution in [1.29, 1.82) is 0 Å². The Morgan fingerprint density at radius 2 is 2.19 bits per heavy atom. The van der Waals surface area contributed by atoms with Gasteiger partial charge in [0.15, 0.2) is 0 Å². The molecular weight excluding hydrogens is 200 g/mol. The normalized spacial score (nSPS) is 13.2. The third kappa shape index (κ3) is 4.01. The van der Waals surface area contributed by atoms with Crippen LogP contribution in [0.15, 0.2) is 18.2 Å². The zero-order chi connectivity index (χ0) is 12.2. The molecular formula is C13H18N2O. The van der Waals surface area contributed by atoms with Crippen LogP contribution in [-0.4, -0.2) is 22.2 Å². The molecule has 1 atom stereocenters. The van der Waals surface area contributed by atoms with Crippen molar-refractivity contribution in [3.63, 3.8) is 0 Å². The van der Waals surface area contributed by atoms with Crippen LogP contribution in [0, 0.1) is 12.3 Å². The number of hydrogen-bond acceptors (Lipinski definition) is 3. The second-order valence-electron chi connectivity index (χ2n) is 4.74. The first-order valence-electron chi connectivity index (χ1n) is 5.29. The van der Waals surface area contributed by atoms with Gasteiger partial charge in [-0.1, -0.05) is 12.0 Å². The zero-order valence-corrected chi connectivity index (χ0v) is 9.99. The molecule has 0 saturated carbocycles. The molecule has 0 aliphatic rings. The number of hydrogen-bond donors (Lipinski definition) is 2. The van der Waals surface area contributed by atoms with E-state index in [1.165, 1.54) is 0 Å². The Morgan fingerprint density at radius 3 is 2.75 bits per heavy atom. The summed E-state index contributed by atoms with van der Waals surface area (Å²) in [4.78, 5) is 4.17. The van der Waals surface area contributed by atoms with E-state index in [0.29, 0.717) is 17.9 Å². The van der Waals surface area contributed by atoms with Crippen LogP contribution in [0.3, 0.4) is 0 Å². The lowest BCUT2D eigenvalue weighted by atomic mass is 10.1. The number of aromatic nitrogens is 1. The molecule has 3 heteroatoms. The number of nitrogens with one attached hydrogen (secondary N) is 1. The SMILES string of the molecule is C#Cc1cccc(C(O)CNC(C)(C)C)n1. The standard InChI is InChI=1S/C13H18N2O/c1-5-10-7-6-8-11(15-10)12(16)9-14-13(2,3)4/h1,6-8,12,14,16H,9H2,2-4H3. The Morgan fingerprint density at radius 1 is 1.50 bits per heavy atom. The van der Waals surface area contributed by atoms with Crippen LogP contribution in [0.25, 0.3) is 0 Å². The third-order valence-corrected chi connectivity index (χ3v) is 2.09. The molecule has 1 heterocycles. The third-order valence-electron chi connectivity index (χ3n) is 2.09. The number of rotatable bonds is 3. The first-order chi connectivity index (χ1) is 7.42. The van der Waals surface area contributed by atoms with Gasteiger partial charge in [0, 0.05) is 12.1 Å². The van der Waals surface area contributed by atoms with Gasteiger partial charge in [0.25, 0.3) is 0 Å². The van der Waals surface area contributed by atoms with E-state index in [-0.39, 0.29) is 5.54 Å². The summed E-state index contributed by atoms with van der Waals surface area (Å²) >= 11 is 0. The molecule has 1 rings (SSSR count). The Bertz CT molecular complexity index is 388. The van der Waals surface area contributed by atoms with Crippen molar-refractivity contribution in [3.05, 3.63) is 29.6 Å². The summed E-state index contributed by atoms with van der Waals surface area (Å²) in [7, 11) is 0. The smallest absolute Gasteiger partial charge is 0.113 e. The van der Waals surface area contributed by atoms with Gasteiger partial charge in [-0.25, -0.2) is 4.98 Å². The maximum absolute atomic E-state index is 9.91. The molecule has 3 nitrogen and oxygen atoms in total. The summed E-state index contributed by atoms with van der Waals surface area (Å²) in [6, 6.07) is 5.32. The molecule has 1 aromatic rings. The Kier molecular flexibility index (Phi) is 4.05. The van der Waals surface area contributed by atoms with E-state index in [2.05, 4.69) is 16.2 Å². The number of nitrogens with zero attached hydrogens (tertiary/aromatic N) is 1. The largest absolute Gasteiger partial charge is 0.385 e. The van der Waals surface area contributed by atoms with Gasteiger partial charge in [-0.05, 0) is 32.9 Å². The molecule has 0 amide bonds. The molecule has 0 fully saturated rings. The minimum absolute atomic E-state index is 0.0231. The zero-order valence-electron chi connectivity index (χ0n) is 9.99. The van der Waals surface area contributed by atoms with Gasteiger partial charge in [0.05, 0.1) is 5.69 Å². The molecule has 1 unspecified atom stereocenters. The van der Waals surface area contributed by atoms with Crippen LogP contribution in [0.2, 0.25) is 0 Å². The number of aliphatic hydroxyl groups is 1.